The molecule has 120 valence electrons. The van der Waals surface area contributed by atoms with Gasteiger partial charge in [0.15, 0.2) is 0 Å². The van der Waals surface area contributed by atoms with Crippen LogP contribution in [0.15, 0.2) is 28.7 Å². The third kappa shape index (κ3) is 9.31. The van der Waals surface area contributed by atoms with Gasteiger partial charge < -0.3 is 5.32 Å². The van der Waals surface area contributed by atoms with E-state index in [-0.39, 0.29) is 0 Å². The van der Waals surface area contributed by atoms with Crippen LogP contribution in [0.25, 0.3) is 0 Å². The first-order valence-corrected chi connectivity index (χ1v) is 9.44. The molecular weight excluding hydrogens is 322 g/mol. The zero-order valence-electron chi connectivity index (χ0n) is 13.8. The first kappa shape index (κ1) is 18.7. The van der Waals surface area contributed by atoms with E-state index in [2.05, 4.69) is 59.5 Å². The average Bonchev–Trinajstić information content (AvgIpc) is 2.49. The van der Waals surface area contributed by atoms with E-state index in [1.165, 1.54) is 67.8 Å². The largest absolute Gasteiger partial charge is 0.319 e. The predicted octanol–water partition coefficient (Wildman–Crippen LogP) is 5.97. The van der Waals surface area contributed by atoms with Crippen LogP contribution < -0.4 is 5.32 Å². The molecular formula is C19H32BrN. The fourth-order valence-corrected chi connectivity index (χ4v) is 3.17. The van der Waals surface area contributed by atoms with Crippen LogP contribution in [0.3, 0.4) is 0 Å². The van der Waals surface area contributed by atoms with Gasteiger partial charge in [0.2, 0.25) is 0 Å². The fourth-order valence-electron chi connectivity index (χ4n) is 2.91. The number of benzene rings is 1. The number of hydrogen-bond acceptors (Lipinski definition) is 1. The van der Waals surface area contributed by atoms with Crippen molar-refractivity contribution < 1.29 is 0 Å². The molecule has 0 heterocycles. The molecule has 1 unspecified atom stereocenters. The highest BCUT2D eigenvalue weighted by Gasteiger charge is 2.08. The van der Waals surface area contributed by atoms with Gasteiger partial charge in [-0.1, -0.05) is 79.9 Å². The summed E-state index contributed by atoms with van der Waals surface area (Å²) in [5.41, 5.74) is 1.46. The summed E-state index contributed by atoms with van der Waals surface area (Å²) in [5.74, 6) is 0.770. The minimum atomic E-state index is 0.770. The van der Waals surface area contributed by atoms with Gasteiger partial charge in [0, 0.05) is 4.47 Å². The van der Waals surface area contributed by atoms with Crippen LogP contribution in [0, 0.1) is 5.92 Å². The molecule has 0 aliphatic rings. The van der Waals surface area contributed by atoms with Gasteiger partial charge in [0.25, 0.3) is 0 Å². The Hall–Kier alpha value is -0.340. The molecule has 0 aromatic heterocycles. The third-order valence-corrected chi connectivity index (χ3v) is 4.68. The number of hydrogen-bond donors (Lipinski definition) is 1. The van der Waals surface area contributed by atoms with Crippen molar-refractivity contribution >= 4 is 15.9 Å². The van der Waals surface area contributed by atoms with E-state index in [0.29, 0.717) is 0 Å². The van der Waals surface area contributed by atoms with Crippen molar-refractivity contribution in [3.8, 4) is 0 Å². The van der Waals surface area contributed by atoms with E-state index in [1.807, 2.05) is 0 Å². The summed E-state index contributed by atoms with van der Waals surface area (Å²) < 4.78 is 1.17. The van der Waals surface area contributed by atoms with Gasteiger partial charge in [-0.3, -0.25) is 0 Å². The van der Waals surface area contributed by atoms with Gasteiger partial charge in [-0.25, -0.2) is 0 Å². The minimum Gasteiger partial charge on any atom is -0.319 e. The maximum absolute atomic E-state index is 3.51. The van der Waals surface area contributed by atoms with Crippen LogP contribution in [-0.4, -0.2) is 13.6 Å². The third-order valence-electron chi connectivity index (χ3n) is 4.15. The number of rotatable bonds is 12. The lowest BCUT2D eigenvalue weighted by molar-refractivity contribution is 0.432. The molecule has 0 radical (unpaired) electrons. The van der Waals surface area contributed by atoms with Crippen molar-refractivity contribution in [2.24, 2.45) is 5.92 Å². The van der Waals surface area contributed by atoms with E-state index < -0.39 is 0 Å². The quantitative estimate of drug-likeness (QED) is 0.456. The molecule has 21 heavy (non-hydrogen) atoms. The van der Waals surface area contributed by atoms with Crippen molar-refractivity contribution in [3.05, 3.63) is 34.3 Å². The molecule has 0 fully saturated rings. The topological polar surface area (TPSA) is 12.0 Å². The summed E-state index contributed by atoms with van der Waals surface area (Å²) in [6.45, 7) is 3.41. The SMILES string of the molecule is CCCCCCCCCC(CNC)Cc1ccc(Br)cc1. The summed E-state index contributed by atoms with van der Waals surface area (Å²) in [5, 5.41) is 3.36. The monoisotopic (exact) mass is 353 g/mol. The first-order chi connectivity index (χ1) is 10.3. The second kappa shape index (κ2) is 12.2. The number of nitrogens with one attached hydrogen (secondary N) is 1. The van der Waals surface area contributed by atoms with Crippen LogP contribution in [0.1, 0.15) is 63.9 Å². The maximum Gasteiger partial charge on any atom is 0.0175 e. The maximum atomic E-state index is 3.51. The number of unbranched alkanes of at least 4 members (excludes halogenated alkanes) is 6. The summed E-state index contributed by atoms with van der Waals surface area (Å²) in [4.78, 5) is 0. The van der Waals surface area contributed by atoms with Crippen LogP contribution in [-0.2, 0) is 6.42 Å². The van der Waals surface area contributed by atoms with Crippen molar-refractivity contribution in [2.75, 3.05) is 13.6 Å². The molecule has 1 atom stereocenters. The van der Waals surface area contributed by atoms with Gasteiger partial charge in [0.1, 0.15) is 0 Å². The lowest BCUT2D eigenvalue weighted by atomic mass is 9.93. The Kier molecular flexibility index (Phi) is 10.9. The predicted molar refractivity (Wildman–Crippen MR) is 97.9 cm³/mol. The second-order valence-electron chi connectivity index (χ2n) is 6.16. The van der Waals surface area contributed by atoms with E-state index in [4.69, 9.17) is 0 Å². The molecule has 1 aromatic carbocycles. The zero-order chi connectivity index (χ0) is 15.3. The highest BCUT2D eigenvalue weighted by molar-refractivity contribution is 9.10. The Morgan fingerprint density at radius 1 is 0.952 bits per heavy atom. The van der Waals surface area contributed by atoms with E-state index >= 15 is 0 Å². The average molecular weight is 354 g/mol. The van der Waals surface area contributed by atoms with E-state index in [0.717, 1.165) is 12.5 Å². The molecule has 0 bridgehead atoms. The van der Waals surface area contributed by atoms with Gasteiger partial charge in [-0.15, -0.1) is 0 Å². The van der Waals surface area contributed by atoms with Gasteiger partial charge >= 0.3 is 0 Å². The smallest absolute Gasteiger partial charge is 0.0175 e. The Morgan fingerprint density at radius 2 is 1.57 bits per heavy atom. The Morgan fingerprint density at radius 3 is 2.19 bits per heavy atom. The van der Waals surface area contributed by atoms with Gasteiger partial charge in [-0.2, -0.15) is 0 Å². The van der Waals surface area contributed by atoms with Crippen molar-refractivity contribution in [1.82, 2.24) is 5.32 Å². The van der Waals surface area contributed by atoms with Crippen LogP contribution in [0.4, 0.5) is 0 Å². The molecule has 0 saturated heterocycles. The normalized spacial score (nSPS) is 12.5. The Balaban J connectivity index is 2.21. The molecule has 0 spiro atoms. The van der Waals surface area contributed by atoms with Crippen molar-refractivity contribution in [2.45, 2.75) is 64.7 Å². The Bertz CT molecular complexity index is 347. The van der Waals surface area contributed by atoms with Crippen molar-refractivity contribution in [3.63, 3.8) is 0 Å². The van der Waals surface area contributed by atoms with Gasteiger partial charge in [-0.05, 0) is 50.0 Å². The molecule has 0 aliphatic heterocycles. The van der Waals surface area contributed by atoms with Crippen LogP contribution >= 0.6 is 15.9 Å². The highest BCUT2D eigenvalue weighted by Crippen LogP contribution is 2.18. The summed E-state index contributed by atoms with van der Waals surface area (Å²) in [6.07, 6.45) is 12.4. The minimum absolute atomic E-state index is 0.770. The van der Waals surface area contributed by atoms with Gasteiger partial charge in [0.05, 0.1) is 0 Å². The molecule has 1 aromatic rings. The van der Waals surface area contributed by atoms with Crippen LogP contribution in [0.2, 0.25) is 0 Å². The molecule has 0 aliphatic carbocycles. The molecule has 1 N–H and O–H groups in total. The zero-order valence-corrected chi connectivity index (χ0v) is 15.4. The molecule has 1 rings (SSSR count). The van der Waals surface area contributed by atoms with E-state index in [1.54, 1.807) is 0 Å². The second-order valence-corrected chi connectivity index (χ2v) is 7.08. The number of halogens is 1. The fraction of sp³-hybridized carbons (Fsp3) is 0.684. The summed E-state index contributed by atoms with van der Waals surface area (Å²) in [7, 11) is 2.07. The van der Waals surface area contributed by atoms with Crippen LogP contribution in [0.5, 0.6) is 0 Å². The Labute approximate surface area is 140 Å². The molecule has 0 saturated carbocycles. The first-order valence-electron chi connectivity index (χ1n) is 8.65. The lowest BCUT2D eigenvalue weighted by Gasteiger charge is -2.16. The highest BCUT2D eigenvalue weighted by atomic mass is 79.9. The standard InChI is InChI=1S/C19H32BrN/c1-3-4-5-6-7-8-9-10-18(16-21-2)15-17-11-13-19(20)14-12-17/h11-14,18,21H,3-10,15-16H2,1-2H3. The summed E-state index contributed by atoms with van der Waals surface area (Å²) in [6, 6.07) is 8.80. The van der Waals surface area contributed by atoms with Crippen molar-refractivity contribution in [1.29, 1.82) is 0 Å². The molecule has 2 heteroatoms. The van der Waals surface area contributed by atoms with E-state index in [9.17, 15) is 0 Å². The lowest BCUT2D eigenvalue weighted by Crippen LogP contribution is -2.20. The molecule has 1 nitrogen and oxygen atoms in total. The summed E-state index contributed by atoms with van der Waals surface area (Å²) >= 11 is 3.51. The molecule has 0 amide bonds.